The van der Waals surface area contributed by atoms with Crippen LogP contribution in [0.5, 0.6) is 0 Å². The van der Waals surface area contributed by atoms with Gasteiger partial charge in [-0.1, -0.05) is 0 Å². The Morgan fingerprint density at radius 2 is 2.41 bits per heavy atom. The molecule has 0 saturated heterocycles. The Morgan fingerprint density at radius 1 is 1.45 bits per heavy atom. The molecular weight excluding hydrogens is 282 g/mol. The lowest BCUT2D eigenvalue weighted by Gasteiger charge is -2.23. The number of nitrogens with one attached hydrogen (secondary N) is 1. The normalized spacial score (nSPS) is 17.6. The molecule has 0 fully saturated rings. The zero-order valence-electron chi connectivity index (χ0n) is 12.3. The van der Waals surface area contributed by atoms with Crippen molar-refractivity contribution in [2.45, 2.75) is 38.9 Å². The summed E-state index contributed by atoms with van der Waals surface area (Å²) in [7, 11) is 0. The molecule has 4 rings (SSSR count). The minimum atomic E-state index is 0.373. The molecule has 3 aromatic heterocycles. The molecule has 1 atom stereocenters. The minimum Gasteiger partial charge on any atom is -0.459 e. The molecule has 1 N–H and O–H groups in total. The van der Waals surface area contributed by atoms with E-state index in [2.05, 4.69) is 20.4 Å². The van der Waals surface area contributed by atoms with Crippen molar-refractivity contribution in [3.05, 3.63) is 42.0 Å². The van der Waals surface area contributed by atoms with Crippen molar-refractivity contribution in [2.24, 2.45) is 0 Å². The van der Waals surface area contributed by atoms with Crippen molar-refractivity contribution in [2.75, 3.05) is 0 Å². The Hall–Kier alpha value is -2.41. The fourth-order valence-electron chi connectivity index (χ4n) is 2.74. The maximum atomic E-state index is 5.67. The van der Waals surface area contributed by atoms with E-state index < -0.39 is 0 Å². The molecule has 0 aliphatic carbocycles. The van der Waals surface area contributed by atoms with Crippen LogP contribution >= 0.6 is 0 Å². The van der Waals surface area contributed by atoms with E-state index in [-0.39, 0.29) is 0 Å². The van der Waals surface area contributed by atoms with Gasteiger partial charge in [-0.3, -0.25) is 0 Å². The third-order valence-corrected chi connectivity index (χ3v) is 3.99. The number of hydrogen-bond donors (Lipinski definition) is 1. The molecule has 7 nitrogen and oxygen atoms in total. The number of aromatic nitrogens is 4. The highest BCUT2D eigenvalue weighted by Gasteiger charge is 2.20. The molecule has 1 aliphatic heterocycles. The number of rotatable bonds is 4. The van der Waals surface area contributed by atoms with Crippen molar-refractivity contribution >= 4 is 0 Å². The van der Waals surface area contributed by atoms with Crippen LogP contribution in [-0.2, 0) is 19.5 Å². The van der Waals surface area contributed by atoms with Crippen LogP contribution in [0.3, 0.4) is 0 Å². The number of oxazole rings is 1. The zero-order valence-corrected chi connectivity index (χ0v) is 12.3. The second-order valence-electron chi connectivity index (χ2n) is 5.47. The smallest absolute Gasteiger partial charge is 0.263 e. The lowest BCUT2D eigenvalue weighted by molar-refractivity contribution is 0.356. The van der Waals surface area contributed by atoms with Crippen LogP contribution in [0.4, 0.5) is 0 Å². The van der Waals surface area contributed by atoms with Gasteiger partial charge in [0.15, 0.2) is 5.76 Å². The van der Waals surface area contributed by atoms with Crippen LogP contribution in [0, 0.1) is 6.92 Å². The van der Waals surface area contributed by atoms with E-state index in [4.69, 9.17) is 8.83 Å². The van der Waals surface area contributed by atoms with Crippen LogP contribution in [0.2, 0.25) is 0 Å². The van der Waals surface area contributed by atoms with Gasteiger partial charge in [-0.2, -0.15) is 5.10 Å². The summed E-state index contributed by atoms with van der Waals surface area (Å²) in [5.74, 6) is 3.06. The summed E-state index contributed by atoms with van der Waals surface area (Å²) in [4.78, 5) is 8.76. The van der Waals surface area contributed by atoms with Gasteiger partial charge in [0.2, 0.25) is 0 Å². The van der Waals surface area contributed by atoms with E-state index in [1.807, 2.05) is 23.7 Å². The van der Waals surface area contributed by atoms with Gasteiger partial charge in [0.1, 0.15) is 17.9 Å². The first-order valence-electron chi connectivity index (χ1n) is 7.40. The first-order chi connectivity index (χ1) is 10.8. The Morgan fingerprint density at radius 3 is 3.27 bits per heavy atom. The van der Waals surface area contributed by atoms with Crippen molar-refractivity contribution in [1.82, 2.24) is 25.1 Å². The molecule has 0 saturated carbocycles. The molecule has 0 aromatic carbocycles. The van der Waals surface area contributed by atoms with Crippen molar-refractivity contribution in [3.8, 4) is 11.7 Å². The summed E-state index contributed by atoms with van der Waals surface area (Å²) in [6.45, 7) is 3.44. The number of fused-ring (bicyclic) bond motifs is 1. The van der Waals surface area contributed by atoms with Gasteiger partial charge in [0.05, 0.1) is 18.5 Å². The highest BCUT2D eigenvalue weighted by Crippen LogP contribution is 2.22. The van der Waals surface area contributed by atoms with Gasteiger partial charge >= 0.3 is 0 Å². The Bertz CT molecular complexity index is 759. The van der Waals surface area contributed by atoms with Crippen LogP contribution in [0.1, 0.15) is 23.7 Å². The van der Waals surface area contributed by atoms with E-state index in [9.17, 15) is 0 Å². The average molecular weight is 299 g/mol. The van der Waals surface area contributed by atoms with Crippen LogP contribution in [-0.4, -0.2) is 25.8 Å². The van der Waals surface area contributed by atoms with Crippen molar-refractivity contribution < 1.29 is 8.83 Å². The first kappa shape index (κ1) is 13.3. The molecule has 114 valence electrons. The third-order valence-electron chi connectivity index (χ3n) is 3.99. The standard InChI is InChI=1S/C15H17N5O2/c1-10-12(19-15(22-10)13-3-2-6-21-13)7-16-11-4-5-14-17-9-18-20(14)8-11/h2-3,6,9,11,16H,4-5,7-8H2,1H3/t11-/m1/s1. The summed E-state index contributed by atoms with van der Waals surface area (Å²) in [6.07, 6.45) is 5.24. The average Bonchev–Trinajstić information content (AvgIpc) is 3.25. The summed E-state index contributed by atoms with van der Waals surface area (Å²) >= 11 is 0. The predicted octanol–water partition coefficient (Wildman–Crippen LogP) is 1.94. The van der Waals surface area contributed by atoms with E-state index in [0.29, 0.717) is 24.2 Å². The molecule has 0 unspecified atom stereocenters. The molecule has 0 spiro atoms. The topological polar surface area (TPSA) is 81.9 Å². The third kappa shape index (κ3) is 2.43. The second kappa shape index (κ2) is 5.42. The van der Waals surface area contributed by atoms with Crippen LogP contribution in [0.15, 0.2) is 33.6 Å². The van der Waals surface area contributed by atoms with Gasteiger partial charge in [-0.15, -0.1) is 0 Å². The molecule has 22 heavy (non-hydrogen) atoms. The highest BCUT2D eigenvalue weighted by molar-refractivity contribution is 5.44. The summed E-state index contributed by atoms with van der Waals surface area (Å²) in [6, 6.07) is 4.04. The maximum absolute atomic E-state index is 5.67. The summed E-state index contributed by atoms with van der Waals surface area (Å²) in [5.41, 5.74) is 0.913. The number of hydrogen-bond acceptors (Lipinski definition) is 6. The molecule has 3 aromatic rings. The Labute approximate surface area is 127 Å². The van der Waals surface area contributed by atoms with Gasteiger partial charge in [-0.05, 0) is 25.5 Å². The summed E-state index contributed by atoms with van der Waals surface area (Å²) < 4.78 is 13.0. The zero-order chi connectivity index (χ0) is 14.9. The van der Waals surface area contributed by atoms with E-state index in [1.165, 1.54) is 0 Å². The quantitative estimate of drug-likeness (QED) is 0.793. The van der Waals surface area contributed by atoms with Crippen molar-refractivity contribution in [1.29, 1.82) is 0 Å². The van der Waals surface area contributed by atoms with Crippen LogP contribution in [0.25, 0.3) is 11.7 Å². The largest absolute Gasteiger partial charge is 0.459 e. The summed E-state index contributed by atoms with van der Waals surface area (Å²) in [5, 5.41) is 7.76. The van der Waals surface area contributed by atoms with Crippen molar-refractivity contribution in [3.63, 3.8) is 0 Å². The number of aryl methyl sites for hydroxylation is 2. The fraction of sp³-hybridized carbons (Fsp3) is 0.400. The second-order valence-corrected chi connectivity index (χ2v) is 5.47. The lowest BCUT2D eigenvalue weighted by Crippen LogP contribution is -2.37. The van der Waals surface area contributed by atoms with Gasteiger partial charge in [0, 0.05) is 19.0 Å². The van der Waals surface area contributed by atoms with E-state index in [1.54, 1.807) is 12.6 Å². The van der Waals surface area contributed by atoms with E-state index >= 15 is 0 Å². The predicted molar refractivity (Wildman–Crippen MR) is 77.9 cm³/mol. The molecule has 1 aliphatic rings. The molecule has 0 radical (unpaired) electrons. The fourth-order valence-corrected chi connectivity index (χ4v) is 2.74. The number of furan rings is 1. The molecular formula is C15H17N5O2. The highest BCUT2D eigenvalue weighted by atomic mass is 16.4. The molecule has 0 bridgehead atoms. The molecule has 4 heterocycles. The Kier molecular flexibility index (Phi) is 3.27. The monoisotopic (exact) mass is 299 g/mol. The van der Waals surface area contributed by atoms with E-state index in [0.717, 1.165) is 36.7 Å². The number of nitrogens with zero attached hydrogens (tertiary/aromatic N) is 4. The lowest BCUT2D eigenvalue weighted by atomic mass is 10.1. The van der Waals surface area contributed by atoms with Gasteiger partial charge in [-0.25, -0.2) is 14.6 Å². The van der Waals surface area contributed by atoms with Crippen LogP contribution < -0.4 is 5.32 Å². The minimum absolute atomic E-state index is 0.373. The molecule has 7 heteroatoms. The maximum Gasteiger partial charge on any atom is 0.263 e. The Balaban J connectivity index is 1.42. The van der Waals surface area contributed by atoms with Gasteiger partial charge < -0.3 is 14.2 Å². The first-order valence-corrected chi connectivity index (χ1v) is 7.40. The van der Waals surface area contributed by atoms with Gasteiger partial charge in [0.25, 0.3) is 5.89 Å². The molecule has 0 amide bonds. The SMILES string of the molecule is Cc1oc(-c2ccco2)nc1CN[C@@H]1CCc2ncnn2C1.